The van der Waals surface area contributed by atoms with Crippen molar-refractivity contribution in [2.45, 2.75) is 78.8 Å². The molecule has 2 nitrogen and oxygen atoms in total. The average molecular weight is 227 g/mol. The maximum atomic E-state index is 10.4. The van der Waals surface area contributed by atoms with E-state index >= 15 is 0 Å². The molecule has 1 aliphatic rings. The second-order valence-corrected chi connectivity index (χ2v) is 7.48. The third-order valence-corrected chi connectivity index (χ3v) is 4.36. The van der Waals surface area contributed by atoms with Crippen molar-refractivity contribution in [3.63, 3.8) is 0 Å². The van der Waals surface area contributed by atoms with Crippen molar-refractivity contribution in [2.75, 3.05) is 0 Å². The minimum Gasteiger partial charge on any atom is -0.313 e. The largest absolute Gasteiger partial charge is 0.313 e. The van der Waals surface area contributed by atoms with Crippen LogP contribution in [0.25, 0.3) is 0 Å². The molecule has 0 bridgehead atoms. The third kappa shape index (κ3) is 2.43. The molecule has 0 radical (unpaired) electrons. The van der Waals surface area contributed by atoms with E-state index in [4.69, 9.17) is 0 Å². The topological polar surface area (TPSA) is 23.5 Å². The Morgan fingerprint density at radius 3 is 2.06 bits per heavy atom. The minimum atomic E-state index is -0.0992. The maximum absolute atomic E-state index is 10.4. The van der Waals surface area contributed by atoms with Crippen molar-refractivity contribution in [2.24, 2.45) is 11.3 Å². The SMILES string of the molecule is CCC1(C)CC(CC(C)(C)C)C(C)(C)N1O. The van der Waals surface area contributed by atoms with Crippen LogP contribution in [0.2, 0.25) is 0 Å². The molecule has 1 fully saturated rings. The van der Waals surface area contributed by atoms with Crippen molar-refractivity contribution in [1.82, 2.24) is 5.06 Å². The van der Waals surface area contributed by atoms with Crippen molar-refractivity contribution < 1.29 is 5.21 Å². The lowest BCUT2D eigenvalue weighted by Crippen LogP contribution is -2.48. The summed E-state index contributed by atoms with van der Waals surface area (Å²) in [6.07, 6.45) is 3.28. The summed E-state index contributed by atoms with van der Waals surface area (Å²) in [7, 11) is 0. The van der Waals surface area contributed by atoms with Crippen LogP contribution < -0.4 is 0 Å². The fourth-order valence-corrected chi connectivity index (χ4v) is 3.09. The fraction of sp³-hybridized carbons (Fsp3) is 1.00. The van der Waals surface area contributed by atoms with E-state index in [-0.39, 0.29) is 11.1 Å². The van der Waals surface area contributed by atoms with Gasteiger partial charge in [-0.2, -0.15) is 5.06 Å². The molecule has 0 amide bonds. The summed E-state index contributed by atoms with van der Waals surface area (Å²) in [6, 6.07) is 0. The molecule has 0 spiro atoms. The highest BCUT2D eigenvalue weighted by Crippen LogP contribution is 2.49. The molecule has 1 rings (SSSR count). The van der Waals surface area contributed by atoms with Crippen LogP contribution in [0.5, 0.6) is 0 Å². The highest BCUT2D eigenvalue weighted by molar-refractivity contribution is 5.04. The minimum absolute atomic E-state index is 0.0422. The van der Waals surface area contributed by atoms with Gasteiger partial charge in [0, 0.05) is 11.1 Å². The van der Waals surface area contributed by atoms with E-state index in [2.05, 4.69) is 48.5 Å². The first-order valence-electron chi connectivity index (χ1n) is 6.52. The Labute approximate surface area is 101 Å². The number of rotatable bonds is 2. The first-order chi connectivity index (χ1) is 7.03. The molecular formula is C14H29NO. The van der Waals surface area contributed by atoms with E-state index in [1.165, 1.54) is 6.42 Å². The van der Waals surface area contributed by atoms with E-state index < -0.39 is 0 Å². The van der Waals surface area contributed by atoms with Crippen molar-refractivity contribution in [3.05, 3.63) is 0 Å². The van der Waals surface area contributed by atoms with Crippen LogP contribution in [-0.2, 0) is 0 Å². The van der Waals surface area contributed by atoms with Gasteiger partial charge in [0.1, 0.15) is 0 Å². The lowest BCUT2D eigenvalue weighted by molar-refractivity contribution is -0.203. The monoisotopic (exact) mass is 227 g/mol. The molecule has 2 unspecified atom stereocenters. The van der Waals surface area contributed by atoms with Gasteiger partial charge in [0.25, 0.3) is 0 Å². The predicted molar refractivity (Wildman–Crippen MR) is 68.6 cm³/mol. The van der Waals surface area contributed by atoms with Gasteiger partial charge < -0.3 is 5.21 Å². The number of hydrogen-bond acceptors (Lipinski definition) is 2. The summed E-state index contributed by atoms with van der Waals surface area (Å²) in [5.74, 6) is 0.572. The van der Waals surface area contributed by atoms with E-state index in [0.717, 1.165) is 12.8 Å². The molecule has 0 saturated carbocycles. The van der Waals surface area contributed by atoms with Gasteiger partial charge in [-0.15, -0.1) is 0 Å². The summed E-state index contributed by atoms with van der Waals surface area (Å²) >= 11 is 0. The molecule has 2 atom stereocenters. The van der Waals surface area contributed by atoms with Gasteiger partial charge in [0.2, 0.25) is 0 Å². The Morgan fingerprint density at radius 2 is 1.75 bits per heavy atom. The summed E-state index contributed by atoms with van der Waals surface area (Å²) in [6.45, 7) is 15.5. The van der Waals surface area contributed by atoms with Crippen LogP contribution in [0.4, 0.5) is 0 Å². The number of nitrogens with zero attached hydrogens (tertiary/aromatic N) is 1. The highest BCUT2D eigenvalue weighted by atomic mass is 16.5. The molecule has 0 aromatic carbocycles. The van der Waals surface area contributed by atoms with Gasteiger partial charge in [-0.3, -0.25) is 0 Å². The number of hydroxylamine groups is 2. The van der Waals surface area contributed by atoms with E-state index in [9.17, 15) is 5.21 Å². The Kier molecular flexibility index (Phi) is 3.49. The second kappa shape index (κ2) is 3.99. The quantitative estimate of drug-likeness (QED) is 0.768. The van der Waals surface area contributed by atoms with Crippen LogP contribution in [0.3, 0.4) is 0 Å². The van der Waals surface area contributed by atoms with Gasteiger partial charge in [-0.1, -0.05) is 27.7 Å². The van der Waals surface area contributed by atoms with Crippen LogP contribution >= 0.6 is 0 Å². The van der Waals surface area contributed by atoms with Crippen LogP contribution in [0.1, 0.15) is 67.7 Å². The van der Waals surface area contributed by atoms with E-state index in [1.54, 1.807) is 5.06 Å². The molecule has 1 N–H and O–H groups in total. The molecule has 0 aromatic heterocycles. The first kappa shape index (κ1) is 14.0. The van der Waals surface area contributed by atoms with Crippen molar-refractivity contribution in [1.29, 1.82) is 0 Å². The Morgan fingerprint density at radius 1 is 1.25 bits per heavy atom. The van der Waals surface area contributed by atoms with Crippen LogP contribution in [0, 0.1) is 11.3 Å². The third-order valence-electron chi connectivity index (χ3n) is 4.36. The summed E-state index contributed by atoms with van der Waals surface area (Å²) in [5, 5.41) is 12.0. The lowest BCUT2D eigenvalue weighted by atomic mass is 9.75. The van der Waals surface area contributed by atoms with Crippen LogP contribution in [0.15, 0.2) is 0 Å². The maximum Gasteiger partial charge on any atom is 0.0439 e. The zero-order chi connectivity index (χ0) is 12.8. The predicted octanol–water partition coefficient (Wildman–Crippen LogP) is 4.08. The lowest BCUT2D eigenvalue weighted by Gasteiger charge is -2.38. The summed E-state index contributed by atoms with van der Waals surface area (Å²) in [5.41, 5.74) is 0.194. The van der Waals surface area contributed by atoms with Gasteiger partial charge in [-0.25, -0.2) is 0 Å². The average Bonchev–Trinajstić information content (AvgIpc) is 2.27. The summed E-state index contributed by atoms with van der Waals surface area (Å²) in [4.78, 5) is 0. The number of hydrogen-bond donors (Lipinski definition) is 1. The molecule has 2 heteroatoms. The molecule has 1 saturated heterocycles. The van der Waals surface area contributed by atoms with Crippen molar-refractivity contribution >= 4 is 0 Å². The van der Waals surface area contributed by atoms with Gasteiger partial charge >= 0.3 is 0 Å². The Bertz CT molecular complexity index is 254. The second-order valence-electron chi connectivity index (χ2n) is 7.48. The summed E-state index contributed by atoms with van der Waals surface area (Å²) < 4.78 is 0. The van der Waals surface area contributed by atoms with Crippen LogP contribution in [-0.4, -0.2) is 21.3 Å². The zero-order valence-electron chi connectivity index (χ0n) is 12.1. The zero-order valence-corrected chi connectivity index (χ0v) is 12.1. The molecule has 1 aliphatic heterocycles. The molecular weight excluding hydrogens is 198 g/mol. The smallest absolute Gasteiger partial charge is 0.0439 e. The molecule has 1 heterocycles. The molecule has 96 valence electrons. The van der Waals surface area contributed by atoms with Gasteiger partial charge in [0.15, 0.2) is 0 Å². The molecule has 0 aromatic rings. The first-order valence-corrected chi connectivity index (χ1v) is 6.52. The Hall–Kier alpha value is -0.0800. The standard InChI is InChI=1S/C14H29NO/c1-8-14(7)10-11(9-12(2,3)4)13(5,6)15(14)16/h11,16H,8-10H2,1-7H3. The normalized spacial score (nSPS) is 35.6. The molecule has 0 aliphatic carbocycles. The Balaban J connectivity index is 2.90. The highest BCUT2D eigenvalue weighted by Gasteiger charge is 2.53. The van der Waals surface area contributed by atoms with Gasteiger partial charge in [-0.05, 0) is 51.4 Å². The molecule has 16 heavy (non-hydrogen) atoms. The van der Waals surface area contributed by atoms with E-state index in [1.807, 2.05) is 0 Å². The fourth-order valence-electron chi connectivity index (χ4n) is 3.09. The van der Waals surface area contributed by atoms with Crippen molar-refractivity contribution in [3.8, 4) is 0 Å². The van der Waals surface area contributed by atoms with Gasteiger partial charge in [0.05, 0.1) is 0 Å². The van der Waals surface area contributed by atoms with E-state index in [0.29, 0.717) is 11.3 Å².